The molecule has 0 saturated heterocycles. The van der Waals surface area contributed by atoms with Crippen LogP contribution in [-0.4, -0.2) is 41.1 Å². The second-order valence-corrected chi connectivity index (χ2v) is 3.42. The fraction of sp³-hybridized carbons (Fsp3) is 0.875. The van der Waals surface area contributed by atoms with E-state index < -0.39 is 5.60 Å². The predicted molar refractivity (Wildman–Crippen MR) is 47.6 cm³/mol. The van der Waals surface area contributed by atoms with Gasteiger partial charge in [0.15, 0.2) is 0 Å². The van der Waals surface area contributed by atoms with Gasteiger partial charge < -0.3 is 15.7 Å². The van der Waals surface area contributed by atoms with Crippen molar-refractivity contribution in [3.8, 4) is 0 Å². The number of nitrogens with two attached hydrogens (primary N) is 1. The van der Waals surface area contributed by atoms with E-state index in [1.807, 2.05) is 6.92 Å². The molecule has 0 aromatic heterocycles. The van der Waals surface area contributed by atoms with E-state index in [4.69, 9.17) is 5.73 Å². The van der Waals surface area contributed by atoms with Crippen molar-refractivity contribution in [2.24, 2.45) is 5.73 Å². The second-order valence-electron chi connectivity index (χ2n) is 3.42. The molecule has 0 radical (unpaired) electrons. The van der Waals surface area contributed by atoms with Crippen LogP contribution >= 0.6 is 0 Å². The molecule has 4 nitrogen and oxygen atoms in total. The highest BCUT2D eigenvalue weighted by molar-refractivity contribution is 5.78. The second kappa shape index (κ2) is 4.42. The molecular weight excluding hydrogens is 156 g/mol. The van der Waals surface area contributed by atoms with E-state index in [1.165, 1.54) is 0 Å². The zero-order chi connectivity index (χ0) is 9.78. The summed E-state index contributed by atoms with van der Waals surface area (Å²) in [4.78, 5) is 12.7. The molecule has 0 spiro atoms. The van der Waals surface area contributed by atoms with Crippen molar-refractivity contribution >= 4 is 5.91 Å². The molecule has 0 aromatic carbocycles. The minimum Gasteiger partial charge on any atom is -0.389 e. The monoisotopic (exact) mass is 174 g/mol. The largest absolute Gasteiger partial charge is 0.389 e. The van der Waals surface area contributed by atoms with E-state index in [1.54, 1.807) is 18.7 Å². The summed E-state index contributed by atoms with van der Waals surface area (Å²) >= 11 is 0. The molecule has 0 unspecified atom stereocenters. The van der Waals surface area contributed by atoms with E-state index in [2.05, 4.69) is 0 Å². The Labute approximate surface area is 73.3 Å². The van der Waals surface area contributed by atoms with Gasteiger partial charge in [0.2, 0.25) is 5.91 Å². The van der Waals surface area contributed by atoms with Crippen molar-refractivity contribution in [1.82, 2.24) is 4.90 Å². The van der Waals surface area contributed by atoms with Gasteiger partial charge in [-0.3, -0.25) is 4.79 Å². The Morgan fingerprint density at radius 3 is 2.33 bits per heavy atom. The summed E-state index contributed by atoms with van der Waals surface area (Å²) in [5, 5.41) is 9.43. The highest BCUT2D eigenvalue weighted by Crippen LogP contribution is 2.04. The number of hydrogen-bond acceptors (Lipinski definition) is 3. The highest BCUT2D eigenvalue weighted by atomic mass is 16.3. The maximum atomic E-state index is 11.1. The van der Waals surface area contributed by atoms with E-state index in [9.17, 15) is 9.90 Å². The van der Waals surface area contributed by atoms with Gasteiger partial charge in [0.1, 0.15) is 0 Å². The van der Waals surface area contributed by atoms with Crippen LogP contribution in [0, 0.1) is 0 Å². The Kier molecular flexibility index (Phi) is 4.20. The van der Waals surface area contributed by atoms with E-state index in [0.29, 0.717) is 13.1 Å². The maximum Gasteiger partial charge on any atom is 0.236 e. The normalized spacial score (nSPS) is 11.4. The average Bonchev–Trinajstić information content (AvgIpc) is 1.97. The van der Waals surface area contributed by atoms with Crippen LogP contribution in [0.15, 0.2) is 0 Å². The summed E-state index contributed by atoms with van der Waals surface area (Å²) in [6, 6.07) is 0. The highest BCUT2D eigenvalue weighted by Gasteiger charge is 2.19. The molecule has 0 heterocycles. The lowest BCUT2D eigenvalue weighted by atomic mass is 10.1. The molecule has 0 rings (SSSR count). The van der Waals surface area contributed by atoms with Crippen LogP contribution in [0.3, 0.4) is 0 Å². The van der Waals surface area contributed by atoms with Gasteiger partial charge in [0.25, 0.3) is 0 Å². The number of likely N-dealkylation sites (N-methyl/N-ethyl adjacent to an activating group) is 1. The molecule has 3 N–H and O–H groups in total. The molecule has 0 aliphatic rings. The fourth-order valence-electron chi connectivity index (χ4n) is 0.973. The number of nitrogens with zero attached hydrogens (tertiary/aromatic N) is 1. The summed E-state index contributed by atoms with van der Waals surface area (Å²) in [6.07, 6.45) is 0. The van der Waals surface area contributed by atoms with Crippen molar-refractivity contribution in [1.29, 1.82) is 0 Å². The third kappa shape index (κ3) is 4.31. The van der Waals surface area contributed by atoms with Gasteiger partial charge in [0.05, 0.1) is 12.1 Å². The first kappa shape index (κ1) is 11.4. The van der Waals surface area contributed by atoms with E-state index in [-0.39, 0.29) is 12.5 Å². The Morgan fingerprint density at radius 2 is 2.08 bits per heavy atom. The summed E-state index contributed by atoms with van der Waals surface area (Å²) < 4.78 is 0. The maximum absolute atomic E-state index is 11.1. The van der Waals surface area contributed by atoms with Gasteiger partial charge >= 0.3 is 0 Å². The Hall–Kier alpha value is -0.610. The van der Waals surface area contributed by atoms with Gasteiger partial charge in [-0.2, -0.15) is 0 Å². The quantitative estimate of drug-likeness (QED) is 0.607. The fourth-order valence-corrected chi connectivity index (χ4v) is 0.973. The van der Waals surface area contributed by atoms with Crippen LogP contribution in [0.1, 0.15) is 20.8 Å². The summed E-state index contributed by atoms with van der Waals surface area (Å²) in [5.74, 6) is -0.125. The summed E-state index contributed by atoms with van der Waals surface area (Å²) in [7, 11) is 0. The molecule has 0 aromatic rings. The average molecular weight is 174 g/mol. The van der Waals surface area contributed by atoms with Gasteiger partial charge in [-0.1, -0.05) is 0 Å². The number of hydrogen-bond donors (Lipinski definition) is 2. The summed E-state index contributed by atoms with van der Waals surface area (Å²) in [5.41, 5.74) is 4.35. The van der Waals surface area contributed by atoms with Gasteiger partial charge in [-0.05, 0) is 20.8 Å². The first-order valence-corrected chi connectivity index (χ1v) is 4.11. The van der Waals surface area contributed by atoms with Crippen molar-refractivity contribution in [3.63, 3.8) is 0 Å². The van der Waals surface area contributed by atoms with E-state index >= 15 is 0 Å². The predicted octanol–water partition coefficient (Wildman–Crippen LogP) is -0.435. The SMILES string of the molecule is CCN(CC(C)(C)O)C(=O)CN. The minimum atomic E-state index is -0.846. The minimum absolute atomic E-state index is 0.00389. The van der Waals surface area contributed by atoms with Crippen LogP contribution in [0.4, 0.5) is 0 Å². The van der Waals surface area contributed by atoms with Gasteiger partial charge in [-0.25, -0.2) is 0 Å². The first-order chi connectivity index (χ1) is 5.40. The van der Waals surface area contributed by atoms with Crippen molar-refractivity contribution in [2.75, 3.05) is 19.6 Å². The number of rotatable bonds is 4. The molecule has 0 bridgehead atoms. The molecular formula is C8H18N2O2. The molecule has 4 heteroatoms. The molecule has 0 atom stereocenters. The Morgan fingerprint density at radius 1 is 1.58 bits per heavy atom. The molecule has 0 saturated carbocycles. The van der Waals surface area contributed by atoms with Crippen LogP contribution < -0.4 is 5.73 Å². The third-order valence-electron chi connectivity index (χ3n) is 1.49. The van der Waals surface area contributed by atoms with E-state index in [0.717, 1.165) is 0 Å². The first-order valence-electron chi connectivity index (χ1n) is 4.11. The smallest absolute Gasteiger partial charge is 0.236 e. The molecule has 0 aliphatic carbocycles. The third-order valence-corrected chi connectivity index (χ3v) is 1.49. The summed E-state index contributed by atoms with van der Waals surface area (Å²) in [6.45, 7) is 6.11. The van der Waals surface area contributed by atoms with Gasteiger partial charge in [0, 0.05) is 13.1 Å². The van der Waals surface area contributed by atoms with Crippen LogP contribution in [-0.2, 0) is 4.79 Å². The zero-order valence-electron chi connectivity index (χ0n) is 8.00. The Balaban J connectivity index is 4.09. The van der Waals surface area contributed by atoms with Crippen LogP contribution in [0.2, 0.25) is 0 Å². The zero-order valence-corrected chi connectivity index (χ0v) is 8.00. The number of carbonyl (C=O) groups is 1. The van der Waals surface area contributed by atoms with Crippen LogP contribution in [0.5, 0.6) is 0 Å². The van der Waals surface area contributed by atoms with Crippen molar-refractivity contribution < 1.29 is 9.90 Å². The standard InChI is InChI=1S/C8H18N2O2/c1-4-10(7(11)5-9)6-8(2,3)12/h12H,4-6,9H2,1-3H3. The number of amides is 1. The molecule has 72 valence electrons. The Bertz CT molecular complexity index is 152. The molecule has 0 fully saturated rings. The lowest BCUT2D eigenvalue weighted by Crippen LogP contribution is -2.44. The lowest BCUT2D eigenvalue weighted by molar-refractivity contribution is -0.132. The number of aliphatic hydroxyl groups is 1. The topological polar surface area (TPSA) is 66.6 Å². The van der Waals surface area contributed by atoms with Gasteiger partial charge in [-0.15, -0.1) is 0 Å². The molecule has 0 aliphatic heterocycles. The lowest BCUT2D eigenvalue weighted by Gasteiger charge is -2.27. The van der Waals surface area contributed by atoms with Crippen LogP contribution in [0.25, 0.3) is 0 Å². The van der Waals surface area contributed by atoms with Crippen molar-refractivity contribution in [3.05, 3.63) is 0 Å². The molecule has 12 heavy (non-hydrogen) atoms. The molecule has 1 amide bonds. The number of carbonyl (C=O) groups excluding carboxylic acids is 1. The van der Waals surface area contributed by atoms with Crippen molar-refractivity contribution in [2.45, 2.75) is 26.4 Å².